The van der Waals surface area contributed by atoms with Crippen LogP contribution in [-0.2, 0) is 27.7 Å². The second kappa shape index (κ2) is 7.35. The van der Waals surface area contributed by atoms with Gasteiger partial charge in [0.05, 0.1) is 4.90 Å². The molecule has 21 heavy (non-hydrogen) atoms. The number of hydrogen-bond donors (Lipinski definition) is 2. The summed E-state index contributed by atoms with van der Waals surface area (Å²) in [5.41, 5.74) is 7.68. The zero-order chi connectivity index (χ0) is 15.3. The summed E-state index contributed by atoms with van der Waals surface area (Å²) in [6.45, 7) is 4.36. The van der Waals surface area contributed by atoms with Gasteiger partial charge in [0.15, 0.2) is 0 Å². The normalized spacial score (nSPS) is 19.0. The summed E-state index contributed by atoms with van der Waals surface area (Å²) in [5.74, 6) is 0.467. The van der Waals surface area contributed by atoms with Gasteiger partial charge in [0.1, 0.15) is 0 Å². The van der Waals surface area contributed by atoms with Gasteiger partial charge in [0.25, 0.3) is 0 Å². The van der Waals surface area contributed by atoms with Gasteiger partial charge in [-0.25, -0.2) is 13.1 Å². The van der Waals surface area contributed by atoms with E-state index < -0.39 is 10.0 Å². The highest BCUT2D eigenvalue weighted by atomic mass is 32.2. The molecule has 1 atom stereocenters. The average molecular weight is 312 g/mol. The van der Waals surface area contributed by atoms with Crippen LogP contribution < -0.4 is 10.5 Å². The minimum atomic E-state index is -3.46. The fraction of sp³-hybridized carbons (Fsp3) is 0.600. The zero-order valence-electron chi connectivity index (χ0n) is 12.5. The number of ether oxygens (including phenoxy) is 1. The Kier molecular flexibility index (Phi) is 5.75. The van der Waals surface area contributed by atoms with Gasteiger partial charge in [-0.05, 0) is 48.4 Å². The molecule has 1 aromatic carbocycles. The third-order valence-corrected chi connectivity index (χ3v) is 5.42. The Morgan fingerprint density at radius 1 is 1.38 bits per heavy atom. The predicted octanol–water partition coefficient (Wildman–Crippen LogP) is 1.41. The molecule has 1 aliphatic heterocycles. The summed E-state index contributed by atoms with van der Waals surface area (Å²) in [6.07, 6.45) is 2.68. The number of hydrogen-bond acceptors (Lipinski definition) is 4. The highest BCUT2D eigenvalue weighted by molar-refractivity contribution is 7.89. The van der Waals surface area contributed by atoms with Crippen molar-refractivity contribution in [2.45, 2.75) is 37.6 Å². The van der Waals surface area contributed by atoms with Gasteiger partial charge >= 0.3 is 0 Å². The molecule has 0 bridgehead atoms. The van der Waals surface area contributed by atoms with E-state index in [4.69, 9.17) is 10.5 Å². The number of rotatable bonds is 7. The average Bonchev–Trinajstić information content (AvgIpc) is 2.99. The van der Waals surface area contributed by atoms with Crippen LogP contribution >= 0.6 is 0 Å². The van der Waals surface area contributed by atoms with Crippen molar-refractivity contribution < 1.29 is 13.2 Å². The van der Waals surface area contributed by atoms with Crippen molar-refractivity contribution in [2.75, 3.05) is 19.8 Å². The van der Waals surface area contributed by atoms with Crippen molar-refractivity contribution in [3.05, 3.63) is 29.3 Å². The number of benzene rings is 1. The molecule has 0 amide bonds. The van der Waals surface area contributed by atoms with Gasteiger partial charge in [-0.3, -0.25) is 0 Å². The second-order valence-electron chi connectivity index (χ2n) is 5.40. The van der Waals surface area contributed by atoms with Crippen LogP contribution in [0.3, 0.4) is 0 Å². The van der Waals surface area contributed by atoms with Crippen LogP contribution in [0.2, 0.25) is 0 Å². The van der Waals surface area contributed by atoms with Gasteiger partial charge in [-0.2, -0.15) is 0 Å². The van der Waals surface area contributed by atoms with Crippen LogP contribution in [0.15, 0.2) is 23.1 Å². The van der Waals surface area contributed by atoms with E-state index in [0.29, 0.717) is 23.9 Å². The molecule has 0 aliphatic carbocycles. The lowest BCUT2D eigenvalue weighted by molar-refractivity contribution is 0.184. The number of aryl methyl sites for hydroxylation is 1. The Balaban J connectivity index is 2.01. The minimum Gasteiger partial charge on any atom is -0.381 e. The van der Waals surface area contributed by atoms with Crippen molar-refractivity contribution in [2.24, 2.45) is 11.7 Å². The summed E-state index contributed by atoms with van der Waals surface area (Å²) in [5, 5.41) is 0. The SMILES string of the molecule is CCc1ccc(S(=O)(=O)NCCC2CCOC2)cc1CN. The molecule has 5 nitrogen and oxygen atoms in total. The number of nitrogens with two attached hydrogens (primary N) is 1. The Morgan fingerprint density at radius 3 is 2.81 bits per heavy atom. The quantitative estimate of drug-likeness (QED) is 0.797. The molecule has 3 N–H and O–H groups in total. The molecular weight excluding hydrogens is 288 g/mol. The topological polar surface area (TPSA) is 81.4 Å². The maximum atomic E-state index is 12.3. The maximum absolute atomic E-state index is 12.3. The van der Waals surface area contributed by atoms with Gasteiger partial charge < -0.3 is 10.5 Å². The van der Waals surface area contributed by atoms with Crippen LogP contribution in [0.4, 0.5) is 0 Å². The smallest absolute Gasteiger partial charge is 0.240 e. The molecule has 1 unspecified atom stereocenters. The lowest BCUT2D eigenvalue weighted by Crippen LogP contribution is -2.26. The minimum absolute atomic E-state index is 0.294. The molecular formula is C15H24N2O3S. The largest absolute Gasteiger partial charge is 0.381 e. The lowest BCUT2D eigenvalue weighted by Gasteiger charge is -2.12. The molecule has 6 heteroatoms. The van der Waals surface area contributed by atoms with Crippen molar-refractivity contribution in [3.63, 3.8) is 0 Å². The Labute approximate surface area is 126 Å². The highest BCUT2D eigenvalue weighted by Gasteiger charge is 2.18. The summed E-state index contributed by atoms with van der Waals surface area (Å²) in [4.78, 5) is 0.294. The molecule has 2 rings (SSSR count). The fourth-order valence-corrected chi connectivity index (χ4v) is 3.69. The molecule has 0 spiro atoms. The molecule has 0 aromatic heterocycles. The van der Waals surface area contributed by atoms with E-state index in [9.17, 15) is 8.42 Å². The molecule has 1 saturated heterocycles. The third kappa shape index (κ3) is 4.26. The number of sulfonamides is 1. The Hall–Kier alpha value is -0.950. The van der Waals surface area contributed by atoms with Crippen LogP contribution in [0, 0.1) is 5.92 Å². The first-order valence-corrected chi connectivity index (χ1v) is 8.94. The first kappa shape index (κ1) is 16.4. The highest BCUT2D eigenvalue weighted by Crippen LogP contribution is 2.18. The van der Waals surface area contributed by atoms with Crippen molar-refractivity contribution >= 4 is 10.0 Å². The molecule has 1 heterocycles. The Bertz CT molecular complexity index is 566. The fourth-order valence-electron chi connectivity index (χ4n) is 2.60. The monoisotopic (exact) mass is 312 g/mol. The molecule has 118 valence electrons. The van der Waals surface area contributed by atoms with Gasteiger partial charge in [-0.1, -0.05) is 13.0 Å². The summed E-state index contributed by atoms with van der Waals surface area (Å²) in [7, 11) is -3.46. The van der Waals surface area contributed by atoms with Crippen LogP contribution in [-0.4, -0.2) is 28.2 Å². The van der Waals surface area contributed by atoms with Crippen LogP contribution in [0.1, 0.15) is 30.9 Å². The van der Waals surface area contributed by atoms with E-state index in [0.717, 1.165) is 43.6 Å². The molecule has 1 aromatic rings. The molecule has 0 radical (unpaired) electrons. The van der Waals surface area contributed by atoms with Crippen molar-refractivity contribution in [1.82, 2.24) is 4.72 Å². The Morgan fingerprint density at radius 2 is 2.19 bits per heavy atom. The van der Waals surface area contributed by atoms with Crippen LogP contribution in [0.5, 0.6) is 0 Å². The molecule has 0 saturated carbocycles. The molecule has 1 aliphatic rings. The maximum Gasteiger partial charge on any atom is 0.240 e. The standard InChI is InChI=1S/C15H24N2O3S/c1-2-13-3-4-15(9-14(13)10-16)21(18,19)17-7-5-12-6-8-20-11-12/h3-4,9,12,17H,2,5-8,10-11,16H2,1H3. The second-order valence-corrected chi connectivity index (χ2v) is 7.17. The zero-order valence-corrected chi connectivity index (χ0v) is 13.3. The van der Waals surface area contributed by atoms with Gasteiger partial charge in [0.2, 0.25) is 10.0 Å². The van der Waals surface area contributed by atoms with Crippen molar-refractivity contribution in [1.29, 1.82) is 0 Å². The molecule has 1 fully saturated rings. The van der Waals surface area contributed by atoms with E-state index in [1.165, 1.54) is 0 Å². The first-order valence-electron chi connectivity index (χ1n) is 7.46. The van der Waals surface area contributed by atoms with E-state index in [2.05, 4.69) is 4.72 Å². The summed E-state index contributed by atoms with van der Waals surface area (Å²) in [6, 6.07) is 5.18. The third-order valence-electron chi connectivity index (χ3n) is 3.96. The van der Waals surface area contributed by atoms with E-state index >= 15 is 0 Å². The van der Waals surface area contributed by atoms with Gasteiger partial charge in [-0.15, -0.1) is 0 Å². The van der Waals surface area contributed by atoms with E-state index in [-0.39, 0.29) is 0 Å². The van der Waals surface area contributed by atoms with E-state index in [1.807, 2.05) is 13.0 Å². The van der Waals surface area contributed by atoms with Crippen molar-refractivity contribution in [3.8, 4) is 0 Å². The lowest BCUT2D eigenvalue weighted by atomic mass is 10.1. The first-order chi connectivity index (χ1) is 10.1. The number of nitrogens with one attached hydrogen (secondary N) is 1. The van der Waals surface area contributed by atoms with Gasteiger partial charge in [0, 0.05) is 26.3 Å². The van der Waals surface area contributed by atoms with Crippen LogP contribution in [0.25, 0.3) is 0 Å². The summed E-state index contributed by atoms with van der Waals surface area (Å²) < 4.78 is 32.5. The predicted molar refractivity (Wildman–Crippen MR) is 82.4 cm³/mol. The van der Waals surface area contributed by atoms with E-state index in [1.54, 1.807) is 12.1 Å². The summed E-state index contributed by atoms with van der Waals surface area (Å²) >= 11 is 0.